The summed E-state index contributed by atoms with van der Waals surface area (Å²) >= 11 is 0. The topological polar surface area (TPSA) is 45.2 Å². The van der Waals surface area contributed by atoms with Crippen molar-refractivity contribution in [1.29, 1.82) is 0 Å². The van der Waals surface area contributed by atoms with Gasteiger partial charge in [-0.05, 0) is 44.2 Å². The molecule has 0 unspecified atom stereocenters. The molecule has 2 aromatic rings. The van der Waals surface area contributed by atoms with Crippen LogP contribution in [0.15, 0.2) is 30.3 Å². The van der Waals surface area contributed by atoms with Gasteiger partial charge in [-0.25, -0.2) is 4.98 Å². The van der Waals surface area contributed by atoms with Crippen LogP contribution in [0.1, 0.15) is 69.7 Å². The minimum absolute atomic E-state index is 0.0000409. The van der Waals surface area contributed by atoms with E-state index in [9.17, 15) is 4.79 Å². The fourth-order valence-corrected chi connectivity index (χ4v) is 4.25. The number of anilines is 1. The highest BCUT2D eigenvalue weighted by Gasteiger charge is 2.22. The fourth-order valence-electron chi connectivity index (χ4n) is 4.25. The van der Waals surface area contributed by atoms with Gasteiger partial charge in [0.25, 0.3) is 5.91 Å². The van der Waals surface area contributed by atoms with Crippen molar-refractivity contribution in [3.05, 3.63) is 35.9 Å². The molecular formula is C23H33N3O. The Bertz CT molecular complexity index is 780. The van der Waals surface area contributed by atoms with Crippen LogP contribution in [-0.4, -0.2) is 30.0 Å². The van der Waals surface area contributed by atoms with Crippen LogP contribution in [0.25, 0.3) is 10.9 Å². The minimum atomic E-state index is 0.0000409. The molecule has 1 fully saturated rings. The normalized spacial score (nSPS) is 16.5. The number of rotatable bonds is 6. The third-order valence-corrected chi connectivity index (χ3v) is 5.63. The molecule has 0 saturated heterocycles. The molecule has 27 heavy (non-hydrogen) atoms. The molecule has 146 valence electrons. The molecule has 0 bridgehead atoms. The molecule has 1 amide bonds. The number of hydrogen-bond acceptors (Lipinski definition) is 3. The molecule has 1 aliphatic rings. The SMILES string of the molecule is CC(C)C[C@H](C)NC(=O)c1cc(N(C)C2CCCCC2)nc2ccccc12. The van der Waals surface area contributed by atoms with Crippen molar-refractivity contribution in [3.8, 4) is 0 Å². The molecular weight excluding hydrogens is 334 g/mol. The number of nitrogens with zero attached hydrogens (tertiary/aromatic N) is 2. The highest BCUT2D eigenvalue weighted by Crippen LogP contribution is 2.28. The van der Waals surface area contributed by atoms with Crippen LogP contribution in [0.3, 0.4) is 0 Å². The molecule has 1 saturated carbocycles. The number of amides is 1. The first kappa shape index (κ1) is 19.7. The van der Waals surface area contributed by atoms with E-state index in [0.717, 1.165) is 28.7 Å². The lowest BCUT2D eigenvalue weighted by atomic mass is 9.94. The monoisotopic (exact) mass is 367 g/mol. The van der Waals surface area contributed by atoms with Crippen LogP contribution < -0.4 is 10.2 Å². The molecule has 1 aromatic heterocycles. The van der Waals surface area contributed by atoms with E-state index >= 15 is 0 Å². The second-order valence-electron chi connectivity index (χ2n) is 8.45. The van der Waals surface area contributed by atoms with Crippen molar-refractivity contribution in [2.24, 2.45) is 5.92 Å². The molecule has 1 atom stereocenters. The molecule has 3 rings (SSSR count). The zero-order valence-electron chi connectivity index (χ0n) is 17.2. The largest absolute Gasteiger partial charge is 0.357 e. The van der Waals surface area contributed by atoms with E-state index in [4.69, 9.17) is 4.98 Å². The lowest BCUT2D eigenvalue weighted by molar-refractivity contribution is 0.0937. The number of fused-ring (bicyclic) bond motifs is 1. The maximum absolute atomic E-state index is 13.0. The summed E-state index contributed by atoms with van der Waals surface area (Å²) in [5.74, 6) is 1.46. The third-order valence-electron chi connectivity index (χ3n) is 5.63. The first-order valence-corrected chi connectivity index (χ1v) is 10.4. The molecule has 1 heterocycles. The van der Waals surface area contributed by atoms with Crippen molar-refractivity contribution >= 4 is 22.6 Å². The predicted octanol–water partition coefficient (Wildman–Crippen LogP) is 5.17. The Labute approximate surface area is 163 Å². The first-order valence-electron chi connectivity index (χ1n) is 10.4. The van der Waals surface area contributed by atoms with Crippen LogP contribution in [0.2, 0.25) is 0 Å². The van der Waals surface area contributed by atoms with E-state index in [-0.39, 0.29) is 11.9 Å². The van der Waals surface area contributed by atoms with E-state index in [1.807, 2.05) is 30.3 Å². The highest BCUT2D eigenvalue weighted by atomic mass is 16.1. The van der Waals surface area contributed by atoms with Gasteiger partial charge in [0.05, 0.1) is 11.1 Å². The van der Waals surface area contributed by atoms with E-state index in [1.165, 1.54) is 32.1 Å². The molecule has 0 spiro atoms. The highest BCUT2D eigenvalue weighted by molar-refractivity contribution is 6.07. The third kappa shape index (κ3) is 4.79. The average molecular weight is 368 g/mol. The van der Waals surface area contributed by atoms with Crippen LogP contribution in [-0.2, 0) is 0 Å². The molecule has 1 aromatic carbocycles. The smallest absolute Gasteiger partial charge is 0.252 e. The lowest BCUT2D eigenvalue weighted by Gasteiger charge is -2.32. The lowest BCUT2D eigenvalue weighted by Crippen LogP contribution is -2.35. The maximum atomic E-state index is 13.0. The van der Waals surface area contributed by atoms with Crippen molar-refractivity contribution in [2.45, 2.75) is 71.4 Å². The van der Waals surface area contributed by atoms with Gasteiger partial charge in [-0.2, -0.15) is 0 Å². The summed E-state index contributed by atoms with van der Waals surface area (Å²) in [5, 5.41) is 4.10. The van der Waals surface area contributed by atoms with Gasteiger partial charge in [0.15, 0.2) is 0 Å². The Morgan fingerprint density at radius 3 is 2.59 bits per heavy atom. The zero-order chi connectivity index (χ0) is 19.4. The Morgan fingerprint density at radius 2 is 1.89 bits per heavy atom. The Hall–Kier alpha value is -2.10. The molecule has 0 radical (unpaired) electrons. The van der Waals surface area contributed by atoms with Crippen molar-refractivity contribution in [2.75, 3.05) is 11.9 Å². The summed E-state index contributed by atoms with van der Waals surface area (Å²) < 4.78 is 0. The van der Waals surface area contributed by atoms with Crippen LogP contribution in [0.4, 0.5) is 5.82 Å². The number of para-hydroxylation sites is 1. The average Bonchev–Trinajstić information content (AvgIpc) is 2.66. The first-order chi connectivity index (χ1) is 13.0. The number of benzene rings is 1. The van der Waals surface area contributed by atoms with E-state index < -0.39 is 0 Å². The van der Waals surface area contributed by atoms with E-state index in [1.54, 1.807) is 0 Å². The van der Waals surface area contributed by atoms with Gasteiger partial charge < -0.3 is 10.2 Å². The fraction of sp³-hybridized carbons (Fsp3) is 0.565. The summed E-state index contributed by atoms with van der Waals surface area (Å²) in [5.41, 5.74) is 1.62. The second kappa shape index (κ2) is 8.73. The Kier molecular flexibility index (Phi) is 6.35. The van der Waals surface area contributed by atoms with Gasteiger partial charge >= 0.3 is 0 Å². The van der Waals surface area contributed by atoms with Crippen molar-refractivity contribution in [1.82, 2.24) is 10.3 Å². The number of aromatic nitrogens is 1. The maximum Gasteiger partial charge on any atom is 0.252 e. The zero-order valence-corrected chi connectivity index (χ0v) is 17.2. The molecule has 4 heteroatoms. The molecule has 1 N–H and O–H groups in total. The van der Waals surface area contributed by atoms with Crippen molar-refractivity contribution < 1.29 is 4.79 Å². The Morgan fingerprint density at radius 1 is 1.19 bits per heavy atom. The summed E-state index contributed by atoms with van der Waals surface area (Å²) in [7, 11) is 2.12. The number of pyridine rings is 1. The number of carbonyl (C=O) groups is 1. The van der Waals surface area contributed by atoms with Gasteiger partial charge in [0.2, 0.25) is 0 Å². The van der Waals surface area contributed by atoms with Gasteiger partial charge in [0, 0.05) is 24.5 Å². The van der Waals surface area contributed by atoms with Gasteiger partial charge in [-0.15, -0.1) is 0 Å². The van der Waals surface area contributed by atoms with Gasteiger partial charge in [-0.1, -0.05) is 51.3 Å². The van der Waals surface area contributed by atoms with Gasteiger partial charge in [0.1, 0.15) is 5.82 Å². The number of hydrogen-bond donors (Lipinski definition) is 1. The second-order valence-corrected chi connectivity index (χ2v) is 8.45. The van der Waals surface area contributed by atoms with Crippen molar-refractivity contribution in [3.63, 3.8) is 0 Å². The Balaban J connectivity index is 1.92. The molecule has 0 aliphatic heterocycles. The van der Waals surface area contributed by atoms with Crippen LogP contribution in [0, 0.1) is 5.92 Å². The molecule has 1 aliphatic carbocycles. The minimum Gasteiger partial charge on any atom is -0.357 e. The van der Waals surface area contributed by atoms with Crippen LogP contribution >= 0.6 is 0 Å². The number of carbonyl (C=O) groups excluding carboxylic acids is 1. The van der Waals surface area contributed by atoms with E-state index in [0.29, 0.717) is 12.0 Å². The summed E-state index contributed by atoms with van der Waals surface area (Å²) in [6, 6.07) is 10.6. The predicted molar refractivity (Wildman–Crippen MR) is 113 cm³/mol. The molecule has 4 nitrogen and oxygen atoms in total. The summed E-state index contributed by atoms with van der Waals surface area (Å²) in [6.45, 7) is 6.44. The van der Waals surface area contributed by atoms with Crippen LogP contribution in [0.5, 0.6) is 0 Å². The quantitative estimate of drug-likeness (QED) is 0.766. The van der Waals surface area contributed by atoms with E-state index in [2.05, 4.69) is 38.0 Å². The summed E-state index contributed by atoms with van der Waals surface area (Å²) in [6.07, 6.45) is 7.28. The summed E-state index contributed by atoms with van der Waals surface area (Å²) in [4.78, 5) is 20.2. The standard InChI is InChI=1S/C23H33N3O/c1-16(2)14-17(3)24-23(27)20-15-22(25-21-13-9-8-12-19(20)21)26(4)18-10-6-5-7-11-18/h8-9,12-13,15-18H,5-7,10-11,14H2,1-4H3,(H,24,27)/t17-/m0/s1. The number of nitrogens with one attached hydrogen (secondary N) is 1. The van der Waals surface area contributed by atoms with Gasteiger partial charge in [-0.3, -0.25) is 4.79 Å².